The van der Waals surface area contributed by atoms with Crippen LogP contribution in [0.5, 0.6) is 0 Å². The summed E-state index contributed by atoms with van der Waals surface area (Å²) in [5.74, 6) is 0.555. The second-order valence-corrected chi connectivity index (χ2v) is 4.68. The monoisotopic (exact) mass is 213 g/mol. The Kier molecular flexibility index (Phi) is 2.60. The third-order valence-electron chi connectivity index (χ3n) is 2.70. The minimum atomic E-state index is -0.400. The highest BCUT2D eigenvalue weighted by Gasteiger charge is 2.33. The number of nitrogens with one attached hydrogen (secondary N) is 1. The van der Waals surface area contributed by atoms with Crippen molar-refractivity contribution < 1.29 is 5.11 Å². The molecule has 5 heteroatoms. The molecule has 1 fully saturated rings. The second kappa shape index (κ2) is 3.74. The van der Waals surface area contributed by atoms with Gasteiger partial charge in [0.15, 0.2) is 0 Å². The molecule has 1 saturated carbocycles. The summed E-state index contributed by atoms with van der Waals surface area (Å²) < 4.78 is 3.96. The van der Waals surface area contributed by atoms with E-state index in [0.29, 0.717) is 5.82 Å². The van der Waals surface area contributed by atoms with Crippen LogP contribution in [0.15, 0.2) is 6.07 Å². The van der Waals surface area contributed by atoms with Gasteiger partial charge in [-0.15, -0.1) is 0 Å². The van der Waals surface area contributed by atoms with Gasteiger partial charge in [0, 0.05) is 12.6 Å². The van der Waals surface area contributed by atoms with Crippen molar-refractivity contribution in [1.29, 1.82) is 0 Å². The van der Waals surface area contributed by atoms with Crippen molar-refractivity contribution in [3.8, 4) is 0 Å². The van der Waals surface area contributed by atoms with Gasteiger partial charge >= 0.3 is 0 Å². The third kappa shape index (κ3) is 2.16. The van der Waals surface area contributed by atoms with Gasteiger partial charge < -0.3 is 16.2 Å². The summed E-state index contributed by atoms with van der Waals surface area (Å²) in [5, 5.41) is 14.0. The van der Waals surface area contributed by atoms with E-state index in [2.05, 4.69) is 9.69 Å². The number of nitrogens with zero attached hydrogens (tertiary/aromatic N) is 1. The van der Waals surface area contributed by atoms with Crippen LogP contribution in [0.25, 0.3) is 0 Å². The van der Waals surface area contributed by atoms with E-state index in [0.717, 1.165) is 37.2 Å². The smallest absolute Gasteiger partial charge is 0.139 e. The summed E-state index contributed by atoms with van der Waals surface area (Å²) in [7, 11) is 0. The minimum absolute atomic E-state index is 0.400. The summed E-state index contributed by atoms with van der Waals surface area (Å²) in [4.78, 5) is 0. The maximum atomic E-state index is 9.82. The molecule has 0 atom stereocenters. The van der Waals surface area contributed by atoms with Gasteiger partial charge in [0.1, 0.15) is 10.8 Å². The molecule has 1 aliphatic rings. The number of anilines is 2. The van der Waals surface area contributed by atoms with E-state index in [4.69, 9.17) is 5.73 Å². The predicted molar refractivity (Wildman–Crippen MR) is 58.4 cm³/mol. The maximum absolute atomic E-state index is 9.82. The average molecular weight is 213 g/mol. The molecule has 0 amide bonds. The van der Waals surface area contributed by atoms with Crippen LogP contribution in [-0.2, 0) is 0 Å². The molecule has 1 aliphatic carbocycles. The zero-order chi connectivity index (χ0) is 10.0. The van der Waals surface area contributed by atoms with Gasteiger partial charge in [-0.3, -0.25) is 0 Å². The Bertz CT molecular complexity index is 309. The summed E-state index contributed by atoms with van der Waals surface area (Å²) in [6.07, 6.45) is 3.85. The maximum Gasteiger partial charge on any atom is 0.139 e. The van der Waals surface area contributed by atoms with Crippen molar-refractivity contribution in [3.63, 3.8) is 0 Å². The predicted octanol–water partition coefficient (Wildman–Crippen LogP) is 1.44. The largest absolute Gasteiger partial charge is 0.390 e. The highest BCUT2D eigenvalue weighted by molar-refractivity contribution is 7.10. The number of hydrogen-bond donors (Lipinski definition) is 3. The van der Waals surface area contributed by atoms with Gasteiger partial charge in [0.25, 0.3) is 0 Å². The van der Waals surface area contributed by atoms with E-state index in [1.807, 2.05) is 6.07 Å². The topological polar surface area (TPSA) is 71.2 Å². The Morgan fingerprint density at radius 1 is 1.64 bits per heavy atom. The molecule has 4 N–H and O–H groups in total. The molecular formula is C9H15N3OS. The van der Waals surface area contributed by atoms with Crippen molar-refractivity contribution in [1.82, 2.24) is 4.37 Å². The molecule has 78 valence electrons. The van der Waals surface area contributed by atoms with E-state index in [1.54, 1.807) is 0 Å². The molecule has 14 heavy (non-hydrogen) atoms. The van der Waals surface area contributed by atoms with E-state index in [1.165, 1.54) is 11.5 Å². The third-order valence-corrected chi connectivity index (χ3v) is 3.46. The van der Waals surface area contributed by atoms with E-state index in [9.17, 15) is 5.11 Å². The molecule has 0 unspecified atom stereocenters. The van der Waals surface area contributed by atoms with Crippen molar-refractivity contribution in [2.45, 2.75) is 31.3 Å². The Morgan fingerprint density at radius 3 is 2.93 bits per heavy atom. The zero-order valence-corrected chi connectivity index (χ0v) is 8.81. The minimum Gasteiger partial charge on any atom is -0.390 e. The van der Waals surface area contributed by atoms with Crippen LogP contribution in [0.1, 0.15) is 25.7 Å². The highest BCUT2D eigenvalue weighted by atomic mass is 32.1. The lowest BCUT2D eigenvalue weighted by molar-refractivity contribution is -0.0370. The first-order chi connectivity index (χ1) is 6.68. The van der Waals surface area contributed by atoms with Crippen molar-refractivity contribution in [3.05, 3.63) is 6.07 Å². The molecule has 1 aromatic heterocycles. The normalized spacial score (nSPS) is 18.9. The number of nitrogens with two attached hydrogens (primary N) is 1. The fourth-order valence-corrected chi connectivity index (χ4v) is 2.22. The van der Waals surface area contributed by atoms with E-state index < -0.39 is 5.60 Å². The molecule has 0 saturated heterocycles. The van der Waals surface area contributed by atoms with Gasteiger partial charge in [-0.1, -0.05) is 0 Å². The second-order valence-electron chi connectivity index (χ2n) is 3.87. The Labute approximate surface area is 87.3 Å². The summed E-state index contributed by atoms with van der Waals surface area (Å²) in [5.41, 5.74) is 5.08. The van der Waals surface area contributed by atoms with Gasteiger partial charge in [-0.05, 0) is 37.2 Å². The van der Waals surface area contributed by atoms with Gasteiger partial charge in [0.05, 0.1) is 5.60 Å². The quantitative estimate of drug-likeness (QED) is 0.707. The van der Waals surface area contributed by atoms with Crippen LogP contribution < -0.4 is 11.1 Å². The lowest BCUT2D eigenvalue weighted by Gasteiger charge is -2.36. The molecule has 0 aromatic carbocycles. The summed E-state index contributed by atoms with van der Waals surface area (Å²) in [6.45, 7) is 0.790. The fraction of sp³-hybridized carbons (Fsp3) is 0.667. The number of nitrogen functional groups attached to an aromatic ring is 1. The number of aromatic nitrogens is 1. The van der Waals surface area contributed by atoms with Crippen LogP contribution in [0.2, 0.25) is 0 Å². The lowest BCUT2D eigenvalue weighted by atomic mass is 9.78. The van der Waals surface area contributed by atoms with Crippen LogP contribution in [0, 0.1) is 0 Å². The number of aliphatic hydroxyl groups is 1. The zero-order valence-electron chi connectivity index (χ0n) is 7.99. The molecule has 0 aliphatic heterocycles. The molecule has 0 radical (unpaired) electrons. The van der Waals surface area contributed by atoms with Crippen LogP contribution in [0.3, 0.4) is 0 Å². The van der Waals surface area contributed by atoms with Gasteiger partial charge in [0.2, 0.25) is 0 Å². The molecule has 1 aromatic rings. The van der Waals surface area contributed by atoms with E-state index in [-0.39, 0.29) is 0 Å². The van der Waals surface area contributed by atoms with Crippen LogP contribution in [0.4, 0.5) is 10.8 Å². The number of hydrogen-bond acceptors (Lipinski definition) is 5. The van der Waals surface area contributed by atoms with Crippen molar-refractivity contribution >= 4 is 22.4 Å². The Morgan fingerprint density at radius 2 is 2.43 bits per heavy atom. The lowest BCUT2D eigenvalue weighted by Crippen LogP contribution is -2.38. The average Bonchev–Trinajstić information content (AvgIpc) is 2.49. The van der Waals surface area contributed by atoms with Gasteiger partial charge in [-0.25, -0.2) is 0 Å². The summed E-state index contributed by atoms with van der Waals surface area (Å²) >= 11 is 1.36. The first-order valence-corrected chi connectivity index (χ1v) is 5.64. The van der Waals surface area contributed by atoms with Crippen molar-refractivity contribution in [2.24, 2.45) is 0 Å². The molecule has 2 rings (SSSR count). The SMILES string of the molecule is Nc1cc(NCCC2(O)CCC2)sn1. The van der Waals surface area contributed by atoms with Crippen LogP contribution in [-0.4, -0.2) is 21.6 Å². The van der Waals surface area contributed by atoms with Gasteiger partial charge in [-0.2, -0.15) is 4.37 Å². The van der Waals surface area contributed by atoms with Crippen molar-refractivity contribution in [2.75, 3.05) is 17.6 Å². The Hall–Kier alpha value is -0.810. The molecule has 0 bridgehead atoms. The van der Waals surface area contributed by atoms with E-state index >= 15 is 0 Å². The molecular weight excluding hydrogens is 198 g/mol. The fourth-order valence-electron chi connectivity index (χ4n) is 1.63. The first-order valence-electron chi connectivity index (χ1n) is 4.86. The standard InChI is InChI=1S/C9H15N3OS/c10-7-6-8(14-12-7)11-5-4-9(13)2-1-3-9/h6,11,13H,1-5H2,(H2,10,12). The van der Waals surface area contributed by atoms with Crippen LogP contribution >= 0.6 is 11.5 Å². The molecule has 1 heterocycles. The molecule has 0 spiro atoms. The first kappa shape index (κ1) is 9.73. The molecule has 4 nitrogen and oxygen atoms in total. The Balaban J connectivity index is 1.72. The summed E-state index contributed by atoms with van der Waals surface area (Å²) in [6, 6.07) is 1.81. The highest BCUT2D eigenvalue weighted by Crippen LogP contribution is 2.34. The number of rotatable bonds is 4.